The van der Waals surface area contributed by atoms with Crippen molar-refractivity contribution in [3.63, 3.8) is 0 Å². The molecule has 0 aliphatic carbocycles. The van der Waals surface area contributed by atoms with E-state index in [0.29, 0.717) is 11.9 Å². The summed E-state index contributed by atoms with van der Waals surface area (Å²) in [4.78, 5) is 12.8. The predicted octanol–water partition coefficient (Wildman–Crippen LogP) is 2.34. The van der Waals surface area contributed by atoms with E-state index in [4.69, 9.17) is 0 Å². The van der Waals surface area contributed by atoms with Crippen molar-refractivity contribution in [3.05, 3.63) is 33.9 Å². The summed E-state index contributed by atoms with van der Waals surface area (Å²) in [6, 6.07) is 4.52. The topological polar surface area (TPSA) is 79.2 Å². The van der Waals surface area contributed by atoms with Gasteiger partial charge >= 0.3 is 0 Å². The molecule has 0 amide bonds. The van der Waals surface area contributed by atoms with Gasteiger partial charge in [0.15, 0.2) is 5.88 Å². The van der Waals surface area contributed by atoms with E-state index in [1.807, 2.05) is 6.92 Å². The lowest BCUT2D eigenvalue weighted by Gasteiger charge is -1.94. The van der Waals surface area contributed by atoms with Crippen molar-refractivity contribution < 1.29 is 10.0 Å². The van der Waals surface area contributed by atoms with Crippen LogP contribution in [-0.4, -0.2) is 15.0 Å². The first kappa shape index (κ1) is 9.51. The summed E-state index contributed by atoms with van der Waals surface area (Å²) in [5, 5.41) is 20.9. The van der Waals surface area contributed by atoms with Gasteiger partial charge in [0.2, 0.25) is 0 Å². The molecule has 0 saturated carbocycles. The van der Waals surface area contributed by atoms with Gasteiger partial charge in [-0.25, -0.2) is 0 Å². The molecule has 1 heterocycles. The maximum absolute atomic E-state index is 10.5. The van der Waals surface area contributed by atoms with Gasteiger partial charge in [-0.3, -0.25) is 10.1 Å². The molecule has 2 aromatic rings. The van der Waals surface area contributed by atoms with E-state index in [1.54, 1.807) is 6.07 Å². The summed E-state index contributed by atoms with van der Waals surface area (Å²) < 4.78 is 0. The quantitative estimate of drug-likeness (QED) is 0.584. The molecule has 0 saturated heterocycles. The highest BCUT2D eigenvalue weighted by Gasteiger charge is 2.12. The maximum Gasteiger partial charge on any atom is 0.271 e. The van der Waals surface area contributed by atoms with Crippen LogP contribution in [0, 0.1) is 10.1 Å². The van der Waals surface area contributed by atoms with Crippen LogP contribution in [0.5, 0.6) is 5.88 Å². The van der Waals surface area contributed by atoms with E-state index in [-0.39, 0.29) is 11.6 Å². The molecule has 0 radical (unpaired) electrons. The number of nitro benzene ring substituents is 1. The van der Waals surface area contributed by atoms with Crippen molar-refractivity contribution in [2.75, 3.05) is 0 Å². The Morgan fingerprint density at radius 2 is 2.27 bits per heavy atom. The third kappa shape index (κ3) is 1.41. The molecule has 2 rings (SSSR count). The standard InChI is InChI=1S/C10H10N2O3/c1-2-7-8-4-3-6(12(14)15)5-9(8)11-10(7)13/h3-5,11,13H,2H2,1H3. The molecule has 0 unspecified atom stereocenters. The Morgan fingerprint density at radius 3 is 2.87 bits per heavy atom. The number of nitro groups is 1. The van der Waals surface area contributed by atoms with Gasteiger partial charge in [0.05, 0.1) is 10.4 Å². The van der Waals surface area contributed by atoms with E-state index in [0.717, 1.165) is 10.9 Å². The molecule has 1 aromatic carbocycles. The molecule has 15 heavy (non-hydrogen) atoms. The molecule has 1 aromatic heterocycles. The lowest BCUT2D eigenvalue weighted by Crippen LogP contribution is -1.86. The molecule has 2 N–H and O–H groups in total. The molecule has 0 bridgehead atoms. The van der Waals surface area contributed by atoms with E-state index in [2.05, 4.69) is 4.98 Å². The Kier molecular flexibility index (Phi) is 2.07. The minimum atomic E-state index is -0.455. The highest BCUT2D eigenvalue weighted by molar-refractivity contribution is 5.87. The van der Waals surface area contributed by atoms with Crippen molar-refractivity contribution in [1.29, 1.82) is 0 Å². The van der Waals surface area contributed by atoms with Crippen LogP contribution >= 0.6 is 0 Å². The van der Waals surface area contributed by atoms with Gasteiger partial charge in [-0.1, -0.05) is 6.92 Å². The molecule has 78 valence electrons. The zero-order valence-corrected chi connectivity index (χ0v) is 8.15. The number of aromatic hydroxyl groups is 1. The van der Waals surface area contributed by atoms with Crippen LogP contribution < -0.4 is 0 Å². The zero-order valence-electron chi connectivity index (χ0n) is 8.15. The first-order chi connectivity index (χ1) is 7.13. The van der Waals surface area contributed by atoms with E-state index in [1.165, 1.54) is 12.1 Å². The van der Waals surface area contributed by atoms with E-state index in [9.17, 15) is 15.2 Å². The molecular formula is C10H10N2O3. The van der Waals surface area contributed by atoms with Gasteiger partial charge in [0.1, 0.15) is 0 Å². The number of aromatic amines is 1. The second-order valence-corrected chi connectivity index (χ2v) is 3.29. The largest absolute Gasteiger partial charge is 0.494 e. The molecular weight excluding hydrogens is 196 g/mol. The highest BCUT2D eigenvalue weighted by atomic mass is 16.6. The van der Waals surface area contributed by atoms with Gasteiger partial charge in [-0.15, -0.1) is 0 Å². The van der Waals surface area contributed by atoms with Crippen LogP contribution in [-0.2, 0) is 6.42 Å². The van der Waals surface area contributed by atoms with Crippen LogP contribution in [0.1, 0.15) is 12.5 Å². The number of H-pyrrole nitrogens is 1. The number of aryl methyl sites for hydroxylation is 1. The average Bonchev–Trinajstić information content (AvgIpc) is 2.51. The van der Waals surface area contributed by atoms with Crippen LogP contribution in [0.25, 0.3) is 10.9 Å². The van der Waals surface area contributed by atoms with Gasteiger partial charge in [0, 0.05) is 23.1 Å². The van der Waals surface area contributed by atoms with Crippen molar-refractivity contribution in [2.24, 2.45) is 0 Å². The molecule has 0 aliphatic rings. The van der Waals surface area contributed by atoms with Gasteiger partial charge in [0.25, 0.3) is 5.69 Å². The Hall–Kier alpha value is -2.04. The summed E-state index contributed by atoms with van der Waals surface area (Å²) in [6.07, 6.45) is 0.684. The number of nitrogens with zero attached hydrogens (tertiary/aromatic N) is 1. The van der Waals surface area contributed by atoms with Gasteiger partial charge in [-0.05, 0) is 12.5 Å². The number of rotatable bonds is 2. The SMILES string of the molecule is CCc1c(O)[nH]c2cc([N+](=O)[O-])ccc12. The van der Waals surface area contributed by atoms with Crippen molar-refractivity contribution in [3.8, 4) is 5.88 Å². The van der Waals surface area contributed by atoms with E-state index >= 15 is 0 Å². The third-order valence-corrected chi connectivity index (χ3v) is 2.43. The summed E-state index contributed by atoms with van der Waals surface area (Å²) in [7, 11) is 0. The second-order valence-electron chi connectivity index (χ2n) is 3.29. The minimum Gasteiger partial charge on any atom is -0.494 e. The van der Waals surface area contributed by atoms with Gasteiger partial charge in [-0.2, -0.15) is 0 Å². The summed E-state index contributed by atoms with van der Waals surface area (Å²) >= 11 is 0. The normalized spacial score (nSPS) is 10.7. The molecule has 5 nitrogen and oxygen atoms in total. The molecule has 0 atom stereocenters. The van der Waals surface area contributed by atoms with Gasteiger partial charge < -0.3 is 10.1 Å². The Balaban J connectivity index is 2.69. The maximum atomic E-state index is 10.5. The zero-order chi connectivity index (χ0) is 11.0. The number of non-ortho nitro benzene ring substituents is 1. The highest BCUT2D eigenvalue weighted by Crippen LogP contribution is 2.29. The lowest BCUT2D eigenvalue weighted by atomic mass is 10.1. The predicted molar refractivity (Wildman–Crippen MR) is 56.0 cm³/mol. The lowest BCUT2D eigenvalue weighted by molar-refractivity contribution is -0.384. The number of aromatic nitrogens is 1. The van der Waals surface area contributed by atoms with Crippen LogP contribution in [0.2, 0.25) is 0 Å². The monoisotopic (exact) mass is 206 g/mol. The fourth-order valence-corrected chi connectivity index (χ4v) is 1.70. The second kappa shape index (κ2) is 3.27. The molecule has 0 aliphatic heterocycles. The van der Waals surface area contributed by atoms with E-state index < -0.39 is 4.92 Å². The van der Waals surface area contributed by atoms with Crippen LogP contribution in [0.15, 0.2) is 18.2 Å². The Morgan fingerprint density at radius 1 is 1.53 bits per heavy atom. The number of nitrogens with one attached hydrogen (secondary N) is 1. The molecule has 0 fully saturated rings. The Labute approximate surface area is 85.5 Å². The number of fused-ring (bicyclic) bond motifs is 1. The Bertz CT molecular complexity index is 531. The fourth-order valence-electron chi connectivity index (χ4n) is 1.70. The summed E-state index contributed by atoms with van der Waals surface area (Å²) in [5.41, 5.74) is 1.41. The molecule has 5 heteroatoms. The minimum absolute atomic E-state index is 0.0198. The first-order valence-electron chi connectivity index (χ1n) is 4.61. The van der Waals surface area contributed by atoms with Crippen LogP contribution in [0.4, 0.5) is 5.69 Å². The smallest absolute Gasteiger partial charge is 0.271 e. The average molecular weight is 206 g/mol. The third-order valence-electron chi connectivity index (χ3n) is 2.43. The number of hydrogen-bond donors (Lipinski definition) is 2. The first-order valence-corrected chi connectivity index (χ1v) is 4.61. The number of benzene rings is 1. The number of hydrogen-bond acceptors (Lipinski definition) is 3. The summed E-state index contributed by atoms with van der Waals surface area (Å²) in [6.45, 7) is 1.92. The van der Waals surface area contributed by atoms with Crippen molar-refractivity contribution >= 4 is 16.6 Å². The van der Waals surface area contributed by atoms with Crippen molar-refractivity contribution in [2.45, 2.75) is 13.3 Å². The van der Waals surface area contributed by atoms with Crippen molar-refractivity contribution in [1.82, 2.24) is 4.98 Å². The fraction of sp³-hybridized carbons (Fsp3) is 0.200. The molecule has 0 spiro atoms. The summed E-state index contributed by atoms with van der Waals surface area (Å²) in [5.74, 6) is 0.0907. The van der Waals surface area contributed by atoms with Crippen LogP contribution in [0.3, 0.4) is 0 Å².